The summed E-state index contributed by atoms with van der Waals surface area (Å²) in [5.41, 5.74) is 0. The molecule has 3 aliphatic rings. The third-order valence-electron chi connectivity index (χ3n) is 6.98. The lowest BCUT2D eigenvalue weighted by Crippen LogP contribution is -2.55. The van der Waals surface area contributed by atoms with Gasteiger partial charge in [-0.05, 0) is 57.3 Å². The maximum Gasteiger partial charge on any atom is 0.410 e. The third kappa shape index (κ3) is 5.50. The molecular weight excluding hydrogens is 426 g/mol. The van der Waals surface area contributed by atoms with Crippen LogP contribution in [0, 0.1) is 17.8 Å². The van der Waals surface area contributed by atoms with Crippen molar-refractivity contribution in [3.63, 3.8) is 0 Å². The number of alkyl halides is 2. The van der Waals surface area contributed by atoms with Crippen molar-refractivity contribution in [1.82, 2.24) is 9.80 Å². The molecule has 1 saturated carbocycles. The van der Waals surface area contributed by atoms with Gasteiger partial charge in [0.15, 0.2) is 0 Å². The van der Waals surface area contributed by atoms with Crippen molar-refractivity contribution in [2.24, 2.45) is 17.8 Å². The fraction of sp³-hybridized carbons (Fsp3) is 0.864. The van der Waals surface area contributed by atoms with Crippen molar-refractivity contribution in [2.75, 3.05) is 40.0 Å². The van der Waals surface area contributed by atoms with Crippen LogP contribution in [0.4, 0.5) is 13.6 Å². The van der Waals surface area contributed by atoms with E-state index in [2.05, 4.69) is 0 Å². The molecule has 0 aromatic heterocycles. The van der Waals surface area contributed by atoms with Gasteiger partial charge >= 0.3 is 18.0 Å². The van der Waals surface area contributed by atoms with E-state index in [1.165, 1.54) is 12.0 Å². The first-order chi connectivity index (χ1) is 15.2. The van der Waals surface area contributed by atoms with Gasteiger partial charge in [0, 0.05) is 19.5 Å². The second kappa shape index (κ2) is 10.3. The number of halogens is 2. The molecule has 3 fully saturated rings. The van der Waals surface area contributed by atoms with Crippen molar-refractivity contribution in [3.8, 4) is 0 Å². The number of amides is 1. The Morgan fingerprint density at radius 3 is 2.34 bits per heavy atom. The first-order valence-corrected chi connectivity index (χ1v) is 11.5. The van der Waals surface area contributed by atoms with E-state index in [0.717, 1.165) is 19.3 Å². The summed E-state index contributed by atoms with van der Waals surface area (Å²) in [6.45, 7) is 4.14. The average Bonchev–Trinajstić information content (AvgIpc) is 3.06. The van der Waals surface area contributed by atoms with Crippen molar-refractivity contribution < 1.29 is 37.4 Å². The molecule has 8 nitrogen and oxygen atoms in total. The monoisotopic (exact) mass is 460 g/mol. The summed E-state index contributed by atoms with van der Waals surface area (Å²) in [6.07, 6.45) is 1.84. The number of piperidine rings is 1. The fourth-order valence-corrected chi connectivity index (χ4v) is 5.56. The lowest BCUT2D eigenvalue weighted by Gasteiger charge is -2.46. The number of rotatable bonds is 6. The molecule has 0 spiro atoms. The molecular formula is C22H34F2N2O6. The zero-order chi connectivity index (χ0) is 23.5. The van der Waals surface area contributed by atoms with Gasteiger partial charge in [-0.25, -0.2) is 18.4 Å². The Hall–Kier alpha value is -1.97. The molecule has 1 amide bonds. The number of nitrogens with zero attached hydrogens (tertiary/aromatic N) is 2. The van der Waals surface area contributed by atoms with Gasteiger partial charge in [-0.1, -0.05) is 0 Å². The number of esters is 2. The highest BCUT2D eigenvalue weighted by Crippen LogP contribution is 2.43. The molecule has 2 aliphatic heterocycles. The Morgan fingerprint density at radius 2 is 1.69 bits per heavy atom. The van der Waals surface area contributed by atoms with Crippen LogP contribution in [0.3, 0.4) is 0 Å². The number of fused-ring (bicyclic) bond motifs is 1. The van der Waals surface area contributed by atoms with Crippen molar-refractivity contribution in [2.45, 2.75) is 64.0 Å². The molecule has 5 atom stereocenters. The SMILES string of the molecule is CCOC(=O)C1CC(F)(F)CN1CC1CCC2CN(C(=O)OCC)C(C(=O)OC)CC2C1. The Labute approximate surface area is 187 Å². The van der Waals surface area contributed by atoms with Gasteiger partial charge in [-0.3, -0.25) is 14.6 Å². The number of carbonyl (C=O) groups excluding carboxylic acids is 3. The summed E-state index contributed by atoms with van der Waals surface area (Å²) in [5, 5.41) is 0. The van der Waals surface area contributed by atoms with Gasteiger partial charge < -0.3 is 14.2 Å². The van der Waals surface area contributed by atoms with Crippen LogP contribution >= 0.6 is 0 Å². The predicted molar refractivity (Wildman–Crippen MR) is 110 cm³/mol. The fourth-order valence-electron chi connectivity index (χ4n) is 5.56. The van der Waals surface area contributed by atoms with Gasteiger partial charge in [0.1, 0.15) is 12.1 Å². The lowest BCUT2D eigenvalue weighted by atomic mass is 9.69. The first-order valence-electron chi connectivity index (χ1n) is 11.5. The molecule has 3 rings (SSSR count). The highest BCUT2D eigenvalue weighted by molar-refractivity contribution is 5.81. The zero-order valence-electron chi connectivity index (χ0n) is 19.1. The van der Waals surface area contributed by atoms with Crippen molar-refractivity contribution >= 4 is 18.0 Å². The Balaban J connectivity index is 1.66. The predicted octanol–water partition coefficient (Wildman–Crippen LogP) is 2.70. The molecule has 0 radical (unpaired) electrons. The molecule has 182 valence electrons. The lowest BCUT2D eigenvalue weighted by molar-refractivity contribution is -0.151. The quantitative estimate of drug-likeness (QED) is 0.445. The second-order valence-electron chi connectivity index (χ2n) is 9.08. The molecule has 1 aliphatic carbocycles. The van der Waals surface area contributed by atoms with Crippen LogP contribution in [-0.2, 0) is 23.8 Å². The molecule has 0 N–H and O–H groups in total. The van der Waals surface area contributed by atoms with E-state index in [4.69, 9.17) is 14.2 Å². The number of hydrogen-bond acceptors (Lipinski definition) is 7. The average molecular weight is 461 g/mol. The molecule has 32 heavy (non-hydrogen) atoms. The normalized spacial score (nSPS) is 32.2. The minimum Gasteiger partial charge on any atom is -0.467 e. The zero-order valence-corrected chi connectivity index (χ0v) is 19.1. The van der Waals surface area contributed by atoms with Crippen LogP contribution in [0.25, 0.3) is 0 Å². The molecule has 0 bridgehead atoms. The van der Waals surface area contributed by atoms with Gasteiger partial charge in [0.2, 0.25) is 0 Å². The van der Waals surface area contributed by atoms with E-state index < -0.39 is 49.0 Å². The van der Waals surface area contributed by atoms with Gasteiger partial charge in [0.25, 0.3) is 5.92 Å². The minimum absolute atomic E-state index is 0.134. The number of ether oxygens (including phenoxy) is 3. The molecule has 0 aromatic carbocycles. The number of likely N-dealkylation sites (tertiary alicyclic amines) is 2. The molecule has 2 saturated heterocycles. The van der Waals surface area contributed by atoms with Crippen LogP contribution in [0.15, 0.2) is 0 Å². The van der Waals surface area contributed by atoms with Crippen molar-refractivity contribution in [1.29, 1.82) is 0 Å². The van der Waals surface area contributed by atoms with E-state index in [0.29, 0.717) is 19.5 Å². The Kier molecular flexibility index (Phi) is 7.95. The smallest absolute Gasteiger partial charge is 0.410 e. The van der Waals surface area contributed by atoms with Crippen LogP contribution in [0.1, 0.15) is 46.0 Å². The van der Waals surface area contributed by atoms with E-state index in [-0.39, 0.29) is 31.0 Å². The summed E-state index contributed by atoms with van der Waals surface area (Å²) in [6, 6.07) is -1.63. The number of methoxy groups -OCH3 is 1. The van der Waals surface area contributed by atoms with E-state index in [9.17, 15) is 23.2 Å². The largest absolute Gasteiger partial charge is 0.467 e. The van der Waals surface area contributed by atoms with Gasteiger partial charge in [0.05, 0.1) is 26.9 Å². The summed E-state index contributed by atoms with van der Waals surface area (Å²) < 4.78 is 43.2. The minimum atomic E-state index is -2.91. The Bertz CT molecular complexity index is 706. The van der Waals surface area contributed by atoms with E-state index in [1.807, 2.05) is 0 Å². The molecule has 5 unspecified atom stereocenters. The Morgan fingerprint density at radius 1 is 0.969 bits per heavy atom. The molecule has 2 heterocycles. The van der Waals surface area contributed by atoms with Gasteiger partial charge in [-0.2, -0.15) is 0 Å². The van der Waals surface area contributed by atoms with E-state index >= 15 is 0 Å². The molecule has 10 heteroatoms. The first kappa shape index (κ1) is 24.7. The standard InChI is InChI=1S/C22H34F2N2O6/c1-4-31-20(28)18-10-22(23,24)13-25(18)11-14-6-7-15-12-26(21(29)32-5-2)17(19(27)30-3)9-16(15)8-14/h14-18H,4-13H2,1-3H3. The van der Waals surface area contributed by atoms with Gasteiger partial charge in [-0.15, -0.1) is 0 Å². The highest BCUT2D eigenvalue weighted by atomic mass is 19.3. The van der Waals surface area contributed by atoms with Crippen LogP contribution < -0.4 is 0 Å². The maximum absolute atomic E-state index is 14.1. The van der Waals surface area contributed by atoms with Crippen LogP contribution in [0.5, 0.6) is 0 Å². The number of carbonyl (C=O) groups is 3. The summed E-state index contributed by atoms with van der Waals surface area (Å²) >= 11 is 0. The maximum atomic E-state index is 14.1. The second-order valence-corrected chi connectivity index (χ2v) is 9.08. The third-order valence-corrected chi connectivity index (χ3v) is 6.98. The highest BCUT2D eigenvalue weighted by Gasteiger charge is 2.50. The summed E-state index contributed by atoms with van der Waals surface area (Å²) in [5.74, 6) is -3.44. The topological polar surface area (TPSA) is 85.4 Å². The van der Waals surface area contributed by atoms with Crippen LogP contribution in [-0.4, -0.2) is 85.8 Å². The summed E-state index contributed by atoms with van der Waals surface area (Å²) in [4.78, 5) is 40.0. The van der Waals surface area contributed by atoms with E-state index in [1.54, 1.807) is 18.7 Å². The van der Waals surface area contributed by atoms with Crippen LogP contribution in [0.2, 0.25) is 0 Å². The molecule has 0 aromatic rings. The van der Waals surface area contributed by atoms with Crippen molar-refractivity contribution in [3.05, 3.63) is 0 Å². The number of hydrogen-bond donors (Lipinski definition) is 0. The summed E-state index contributed by atoms with van der Waals surface area (Å²) in [7, 11) is 1.30.